The van der Waals surface area contributed by atoms with Gasteiger partial charge in [-0.1, -0.05) is 23.8 Å². The molecule has 0 aliphatic carbocycles. The van der Waals surface area contributed by atoms with E-state index in [9.17, 15) is 16.8 Å². The van der Waals surface area contributed by atoms with Gasteiger partial charge >= 0.3 is 0 Å². The summed E-state index contributed by atoms with van der Waals surface area (Å²) >= 11 is 3.34. The number of sulfonamides is 2. The molecular formula is C18H21BrN2O4S2. The molecule has 0 saturated carbocycles. The van der Waals surface area contributed by atoms with Gasteiger partial charge in [0.2, 0.25) is 10.0 Å². The largest absolute Gasteiger partial charge is 0.278 e. The van der Waals surface area contributed by atoms with Crippen molar-refractivity contribution in [3.05, 3.63) is 58.1 Å². The highest BCUT2D eigenvalue weighted by molar-refractivity contribution is 9.10. The molecule has 0 radical (unpaired) electrons. The lowest BCUT2D eigenvalue weighted by Crippen LogP contribution is -2.29. The van der Waals surface area contributed by atoms with Crippen LogP contribution in [0.1, 0.15) is 24.0 Å². The summed E-state index contributed by atoms with van der Waals surface area (Å²) in [4.78, 5) is 0.167. The van der Waals surface area contributed by atoms with Gasteiger partial charge in [0, 0.05) is 17.6 Å². The van der Waals surface area contributed by atoms with Crippen molar-refractivity contribution in [3.8, 4) is 0 Å². The van der Waals surface area contributed by atoms with Gasteiger partial charge in [-0.2, -0.15) is 0 Å². The van der Waals surface area contributed by atoms with E-state index in [1.165, 1.54) is 4.31 Å². The number of halogens is 1. The number of rotatable bonds is 6. The van der Waals surface area contributed by atoms with Gasteiger partial charge in [-0.3, -0.25) is 4.72 Å². The molecule has 27 heavy (non-hydrogen) atoms. The topological polar surface area (TPSA) is 83.5 Å². The average Bonchev–Trinajstić information content (AvgIpc) is 3.13. The highest BCUT2D eigenvalue weighted by Gasteiger charge is 2.25. The fourth-order valence-corrected chi connectivity index (χ4v) is 6.25. The van der Waals surface area contributed by atoms with Crippen LogP contribution in [0.4, 0.5) is 5.69 Å². The molecule has 1 fully saturated rings. The van der Waals surface area contributed by atoms with E-state index in [4.69, 9.17) is 0 Å². The Morgan fingerprint density at radius 3 is 2.22 bits per heavy atom. The van der Waals surface area contributed by atoms with E-state index in [0.29, 0.717) is 28.8 Å². The summed E-state index contributed by atoms with van der Waals surface area (Å²) in [5, 5.41) is 0. The van der Waals surface area contributed by atoms with Crippen LogP contribution in [0.15, 0.2) is 51.8 Å². The van der Waals surface area contributed by atoms with E-state index in [0.717, 1.165) is 18.4 Å². The third-order valence-electron chi connectivity index (χ3n) is 4.42. The van der Waals surface area contributed by atoms with Crippen LogP contribution in [-0.2, 0) is 25.8 Å². The maximum absolute atomic E-state index is 12.5. The average molecular weight is 473 g/mol. The van der Waals surface area contributed by atoms with E-state index >= 15 is 0 Å². The second kappa shape index (κ2) is 7.90. The molecule has 0 bridgehead atoms. The normalized spacial score (nSPS) is 15.8. The fraction of sp³-hybridized carbons (Fsp3) is 0.333. The van der Waals surface area contributed by atoms with E-state index in [1.807, 2.05) is 6.92 Å². The fourth-order valence-electron chi connectivity index (χ4n) is 2.92. The van der Waals surface area contributed by atoms with E-state index in [-0.39, 0.29) is 10.6 Å². The molecule has 0 unspecified atom stereocenters. The molecule has 1 heterocycles. The molecule has 2 aromatic carbocycles. The summed E-state index contributed by atoms with van der Waals surface area (Å²) in [6.07, 6.45) is 1.78. The third kappa shape index (κ3) is 4.90. The Bertz CT molecular complexity index is 1030. The highest BCUT2D eigenvalue weighted by Crippen LogP contribution is 2.28. The predicted molar refractivity (Wildman–Crippen MR) is 110 cm³/mol. The molecule has 3 rings (SSSR count). The maximum atomic E-state index is 12.5. The SMILES string of the molecule is Cc1ccc(S(=O)(=O)Nc2ccc(CS(=O)(=O)N3CCCC3)cc2Br)cc1. The molecule has 0 atom stereocenters. The number of nitrogens with one attached hydrogen (secondary N) is 1. The van der Waals surface area contributed by atoms with Gasteiger partial charge < -0.3 is 0 Å². The van der Waals surface area contributed by atoms with Crippen LogP contribution in [0.2, 0.25) is 0 Å². The van der Waals surface area contributed by atoms with Crippen LogP contribution in [0.5, 0.6) is 0 Å². The minimum absolute atomic E-state index is 0.101. The summed E-state index contributed by atoms with van der Waals surface area (Å²) < 4.78 is 54.4. The standard InChI is InChI=1S/C18H21BrN2O4S2/c1-14-4-7-16(8-5-14)27(24,25)20-18-9-6-15(12-17(18)19)13-26(22,23)21-10-2-3-11-21/h4-9,12,20H,2-3,10-11,13H2,1H3. The van der Waals surface area contributed by atoms with Crippen LogP contribution < -0.4 is 4.72 Å². The summed E-state index contributed by atoms with van der Waals surface area (Å²) in [6, 6.07) is 11.4. The summed E-state index contributed by atoms with van der Waals surface area (Å²) in [5.74, 6) is -0.101. The van der Waals surface area contributed by atoms with E-state index in [1.54, 1.807) is 42.5 Å². The Hall–Kier alpha value is -1.42. The first kappa shape index (κ1) is 20.3. The molecule has 2 aromatic rings. The lowest BCUT2D eigenvalue weighted by Gasteiger charge is -2.16. The van der Waals surface area contributed by atoms with Crippen molar-refractivity contribution in [2.45, 2.75) is 30.4 Å². The first-order valence-electron chi connectivity index (χ1n) is 8.53. The zero-order valence-electron chi connectivity index (χ0n) is 14.9. The predicted octanol–water partition coefficient (Wildman–Crippen LogP) is 3.48. The quantitative estimate of drug-likeness (QED) is 0.697. The number of anilines is 1. The van der Waals surface area contributed by atoms with Crippen LogP contribution in [-0.4, -0.2) is 34.2 Å². The highest BCUT2D eigenvalue weighted by atomic mass is 79.9. The maximum Gasteiger partial charge on any atom is 0.261 e. The molecule has 1 aliphatic heterocycles. The zero-order chi connectivity index (χ0) is 19.7. The minimum Gasteiger partial charge on any atom is -0.278 e. The molecule has 0 aromatic heterocycles. The number of aryl methyl sites for hydroxylation is 1. The van der Waals surface area contributed by atoms with Crippen LogP contribution >= 0.6 is 15.9 Å². The number of hydrogen-bond acceptors (Lipinski definition) is 4. The second-order valence-electron chi connectivity index (χ2n) is 6.60. The van der Waals surface area contributed by atoms with Gasteiger partial charge in [-0.05, 0) is 65.5 Å². The third-order valence-corrected chi connectivity index (χ3v) is 8.30. The smallest absolute Gasteiger partial charge is 0.261 e. The number of nitrogens with zero attached hydrogens (tertiary/aromatic N) is 1. The molecule has 146 valence electrons. The van der Waals surface area contributed by atoms with Gasteiger partial charge in [-0.15, -0.1) is 0 Å². The molecule has 6 nitrogen and oxygen atoms in total. The van der Waals surface area contributed by atoms with Crippen molar-refractivity contribution in [1.29, 1.82) is 0 Å². The van der Waals surface area contributed by atoms with Gasteiger partial charge in [0.1, 0.15) is 0 Å². The lowest BCUT2D eigenvalue weighted by atomic mass is 10.2. The molecule has 9 heteroatoms. The van der Waals surface area contributed by atoms with E-state index < -0.39 is 20.0 Å². The molecule has 1 aliphatic rings. The van der Waals surface area contributed by atoms with Crippen molar-refractivity contribution in [2.24, 2.45) is 0 Å². The first-order chi connectivity index (χ1) is 12.7. The van der Waals surface area contributed by atoms with Crippen molar-refractivity contribution in [2.75, 3.05) is 17.8 Å². The zero-order valence-corrected chi connectivity index (χ0v) is 18.1. The second-order valence-corrected chi connectivity index (χ2v) is 11.1. The molecular weight excluding hydrogens is 452 g/mol. The van der Waals surface area contributed by atoms with Gasteiger partial charge in [-0.25, -0.2) is 21.1 Å². The Kier molecular flexibility index (Phi) is 5.95. The molecule has 1 N–H and O–H groups in total. The monoisotopic (exact) mass is 472 g/mol. The first-order valence-corrected chi connectivity index (χ1v) is 12.4. The van der Waals surface area contributed by atoms with Gasteiger partial charge in [0.25, 0.3) is 10.0 Å². The summed E-state index contributed by atoms with van der Waals surface area (Å²) in [6.45, 7) is 3.02. The molecule has 1 saturated heterocycles. The lowest BCUT2D eigenvalue weighted by molar-refractivity contribution is 0.476. The molecule has 0 spiro atoms. The van der Waals surface area contributed by atoms with Crippen LogP contribution in [0.25, 0.3) is 0 Å². The Balaban J connectivity index is 1.77. The van der Waals surface area contributed by atoms with Crippen molar-refractivity contribution < 1.29 is 16.8 Å². The van der Waals surface area contributed by atoms with Gasteiger partial charge in [0.15, 0.2) is 0 Å². The Morgan fingerprint density at radius 1 is 1.00 bits per heavy atom. The number of benzene rings is 2. The van der Waals surface area contributed by atoms with E-state index in [2.05, 4.69) is 20.7 Å². The van der Waals surface area contributed by atoms with Crippen molar-refractivity contribution >= 4 is 41.7 Å². The van der Waals surface area contributed by atoms with Crippen LogP contribution in [0, 0.1) is 6.92 Å². The minimum atomic E-state index is -3.72. The Labute approximate surface area is 168 Å². The van der Waals surface area contributed by atoms with Crippen molar-refractivity contribution in [1.82, 2.24) is 4.31 Å². The summed E-state index contributed by atoms with van der Waals surface area (Å²) in [7, 11) is -7.07. The van der Waals surface area contributed by atoms with Crippen LogP contribution in [0.3, 0.4) is 0 Å². The van der Waals surface area contributed by atoms with Gasteiger partial charge in [0.05, 0.1) is 16.3 Å². The summed E-state index contributed by atoms with van der Waals surface area (Å²) in [5.41, 5.74) is 1.93. The van der Waals surface area contributed by atoms with Crippen molar-refractivity contribution in [3.63, 3.8) is 0 Å². The molecule has 0 amide bonds. The number of hydrogen-bond donors (Lipinski definition) is 1. The Morgan fingerprint density at radius 2 is 1.63 bits per heavy atom.